The molecule has 0 unspecified atom stereocenters. The summed E-state index contributed by atoms with van der Waals surface area (Å²) < 4.78 is 25.9. The van der Waals surface area contributed by atoms with Gasteiger partial charge < -0.3 is 16.6 Å². The predicted molar refractivity (Wildman–Crippen MR) is 75.4 cm³/mol. The third kappa shape index (κ3) is 3.84. The van der Waals surface area contributed by atoms with Crippen molar-refractivity contribution in [1.82, 2.24) is 4.31 Å². The standard InChI is InChI=1S/C12H19N3O4S/c1-2-3-6-15(8-12(14)17)20(18,19)9-4-5-11(16)10(13)7-9/h4-5,7,16H,2-3,6,8,13H2,1H3,(H2,14,17). The van der Waals surface area contributed by atoms with Gasteiger partial charge in [-0.3, -0.25) is 4.79 Å². The number of carbonyl (C=O) groups excluding carboxylic acids is 1. The molecule has 0 atom stereocenters. The molecule has 0 spiro atoms. The summed E-state index contributed by atoms with van der Waals surface area (Å²) in [5, 5.41) is 9.33. The highest BCUT2D eigenvalue weighted by atomic mass is 32.2. The van der Waals surface area contributed by atoms with Crippen molar-refractivity contribution >= 4 is 21.6 Å². The number of phenols is 1. The average molecular weight is 301 g/mol. The molecule has 0 aliphatic carbocycles. The van der Waals surface area contributed by atoms with Crippen LogP contribution < -0.4 is 11.5 Å². The first-order valence-corrected chi connectivity index (χ1v) is 7.60. The van der Waals surface area contributed by atoms with E-state index in [1.165, 1.54) is 12.1 Å². The second kappa shape index (κ2) is 6.58. The van der Waals surface area contributed by atoms with Crippen LogP contribution in [0, 0.1) is 0 Å². The van der Waals surface area contributed by atoms with Crippen LogP contribution in [0.2, 0.25) is 0 Å². The number of nitrogen functional groups attached to an aromatic ring is 1. The quantitative estimate of drug-likeness (QED) is 0.491. The maximum atomic E-state index is 12.4. The van der Waals surface area contributed by atoms with Crippen LogP contribution in [0.1, 0.15) is 19.8 Å². The van der Waals surface area contributed by atoms with E-state index in [2.05, 4.69) is 0 Å². The number of anilines is 1. The lowest BCUT2D eigenvalue weighted by Crippen LogP contribution is -2.39. The monoisotopic (exact) mass is 301 g/mol. The number of nitrogens with zero attached hydrogens (tertiary/aromatic N) is 1. The van der Waals surface area contributed by atoms with Gasteiger partial charge in [0.25, 0.3) is 0 Å². The van der Waals surface area contributed by atoms with Gasteiger partial charge in [0.1, 0.15) is 5.75 Å². The molecule has 1 rings (SSSR count). The van der Waals surface area contributed by atoms with Crippen molar-refractivity contribution in [2.75, 3.05) is 18.8 Å². The van der Waals surface area contributed by atoms with Crippen LogP contribution >= 0.6 is 0 Å². The van der Waals surface area contributed by atoms with Crippen LogP contribution in [0.25, 0.3) is 0 Å². The van der Waals surface area contributed by atoms with E-state index in [-0.39, 0.29) is 29.4 Å². The highest BCUT2D eigenvalue weighted by Crippen LogP contribution is 2.25. The molecule has 0 fully saturated rings. The summed E-state index contributed by atoms with van der Waals surface area (Å²) in [6.45, 7) is 1.72. The normalized spacial score (nSPS) is 11.7. The number of phenolic OH excluding ortho intramolecular Hbond substituents is 1. The molecule has 0 bridgehead atoms. The van der Waals surface area contributed by atoms with Crippen LogP contribution in [0.3, 0.4) is 0 Å². The van der Waals surface area contributed by atoms with Crippen molar-refractivity contribution in [3.63, 3.8) is 0 Å². The van der Waals surface area contributed by atoms with Crippen LogP contribution in [0.4, 0.5) is 5.69 Å². The van der Waals surface area contributed by atoms with E-state index in [0.717, 1.165) is 16.8 Å². The first-order chi connectivity index (χ1) is 9.28. The Kier molecular flexibility index (Phi) is 5.34. The van der Waals surface area contributed by atoms with Crippen LogP contribution in [-0.4, -0.2) is 36.8 Å². The number of aromatic hydroxyl groups is 1. The van der Waals surface area contributed by atoms with Crippen LogP contribution in [0.15, 0.2) is 23.1 Å². The van der Waals surface area contributed by atoms with E-state index in [0.29, 0.717) is 6.42 Å². The van der Waals surface area contributed by atoms with E-state index in [1.54, 1.807) is 0 Å². The van der Waals surface area contributed by atoms with Gasteiger partial charge in [0.2, 0.25) is 15.9 Å². The molecule has 112 valence electrons. The fourth-order valence-electron chi connectivity index (χ4n) is 1.63. The van der Waals surface area contributed by atoms with Gasteiger partial charge in [-0.05, 0) is 24.6 Å². The zero-order valence-corrected chi connectivity index (χ0v) is 12.1. The lowest BCUT2D eigenvalue weighted by Gasteiger charge is -2.20. The highest BCUT2D eigenvalue weighted by Gasteiger charge is 2.25. The Morgan fingerprint density at radius 2 is 2.05 bits per heavy atom. The summed E-state index contributed by atoms with van der Waals surface area (Å²) in [4.78, 5) is 10.9. The minimum atomic E-state index is -3.87. The van der Waals surface area contributed by atoms with E-state index in [1.807, 2.05) is 6.92 Å². The fourth-order valence-corrected chi connectivity index (χ4v) is 3.12. The Hall–Kier alpha value is -1.80. The number of sulfonamides is 1. The molecule has 1 aromatic carbocycles. The predicted octanol–water partition coefficient (Wildman–Crippen LogP) is 0.251. The average Bonchev–Trinajstić information content (AvgIpc) is 2.37. The molecule has 0 aliphatic heterocycles. The van der Waals surface area contributed by atoms with Crippen molar-refractivity contribution in [2.45, 2.75) is 24.7 Å². The summed E-state index contributed by atoms with van der Waals surface area (Å²) in [6, 6.07) is 3.59. The summed E-state index contributed by atoms with van der Waals surface area (Å²) in [5.74, 6) is -0.921. The Balaban J connectivity index is 3.13. The van der Waals surface area contributed by atoms with Gasteiger partial charge in [-0.25, -0.2) is 8.42 Å². The second-order valence-corrected chi connectivity index (χ2v) is 6.32. The number of amides is 1. The molecule has 1 aromatic rings. The Morgan fingerprint density at radius 1 is 1.40 bits per heavy atom. The van der Waals surface area contributed by atoms with Crippen molar-refractivity contribution in [3.8, 4) is 5.75 Å². The number of hydrogen-bond acceptors (Lipinski definition) is 5. The summed E-state index contributed by atoms with van der Waals surface area (Å²) in [7, 11) is -3.87. The third-order valence-electron chi connectivity index (χ3n) is 2.73. The van der Waals surface area contributed by atoms with Gasteiger partial charge in [0.05, 0.1) is 17.1 Å². The molecule has 20 heavy (non-hydrogen) atoms. The van der Waals surface area contributed by atoms with E-state index >= 15 is 0 Å². The molecule has 0 aromatic heterocycles. The maximum absolute atomic E-state index is 12.4. The zero-order chi connectivity index (χ0) is 15.3. The molecule has 1 amide bonds. The maximum Gasteiger partial charge on any atom is 0.243 e. The van der Waals surface area contributed by atoms with Gasteiger partial charge in [-0.1, -0.05) is 13.3 Å². The number of nitrogens with two attached hydrogens (primary N) is 2. The number of primary amides is 1. The third-order valence-corrected chi connectivity index (χ3v) is 4.57. The van der Waals surface area contributed by atoms with Gasteiger partial charge >= 0.3 is 0 Å². The molecule has 0 radical (unpaired) electrons. The molecule has 0 heterocycles. The summed E-state index contributed by atoms with van der Waals surface area (Å²) in [5.41, 5.74) is 10.5. The summed E-state index contributed by atoms with van der Waals surface area (Å²) in [6.07, 6.45) is 1.39. The van der Waals surface area contributed by atoms with Gasteiger partial charge in [-0.2, -0.15) is 4.31 Å². The molecular weight excluding hydrogens is 282 g/mol. The number of carbonyl (C=O) groups is 1. The van der Waals surface area contributed by atoms with Crippen molar-refractivity contribution in [1.29, 1.82) is 0 Å². The van der Waals surface area contributed by atoms with Gasteiger partial charge in [-0.15, -0.1) is 0 Å². The zero-order valence-electron chi connectivity index (χ0n) is 11.2. The fraction of sp³-hybridized carbons (Fsp3) is 0.417. The van der Waals surface area contributed by atoms with E-state index < -0.39 is 15.9 Å². The highest BCUT2D eigenvalue weighted by molar-refractivity contribution is 7.89. The smallest absolute Gasteiger partial charge is 0.243 e. The van der Waals surface area contributed by atoms with Gasteiger partial charge in [0, 0.05) is 6.54 Å². The first-order valence-electron chi connectivity index (χ1n) is 6.16. The van der Waals surface area contributed by atoms with Crippen LogP contribution in [-0.2, 0) is 14.8 Å². The van der Waals surface area contributed by atoms with E-state index in [4.69, 9.17) is 11.5 Å². The van der Waals surface area contributed by atoms with E-state index in [9.17, 15) is 18.3 Å². The first kappa shape index (κ1) is 16.3. The molecule has 5 N–H and O–H groups in total. The second-order valence-electron chi connectivity index (χ2n) is 4.38. The van der Waals surface area contributed by atoms with Crippen LogP contribution in [0.5, 0.6) is 5.75 Å². The molecule has 8 heteroatoms. The molecule has 7 nitrogen and oxygen atoms in total. The van der Waals surface area contributed by atoms with Gasteiger partial charge in [0.15, 0.2) is 0 Å². The summed E-state index contributed by atoms with van der Waals surface area (Å²) >= 11 is 0. The lowest BCUT2D eigenvalue weighted by molar-refractivity contribution is -0.118. The Bertz CT molecular complexity index is 586. The minimum absolute atomic E-state index is 0.0411. The molecule has 0 aliphatic rings. The van der Waals surface area contributed by atoms with Crippen molar-refractivity contribution in [2.24, 2.45) is 5.73 Å². The molecule has 0 saturated heterocycles. The number of hydrogen-bond donors (Lipinski definition) is 3. The molecule has 0 saturated carbocycles. The number of unbranched alkanes of at least 4 members (excludes halogenated alkanes) is 1. The Morgan fingerprint density at radius 3 is 2.55 bits per heavy atom. The minimum Gasteiger partial charge on any atom is -0.506 e. The largest absolute Gasteiger partial charge is 0.506 e. The SMILES string of the molecule is CCCCN(CC(N)=O)S(=O)(=O)c1ccc(O)c(N)c1. The number of rotatable bonds is 7. The Labute approximate surface area is 118 Å². The topological polar surface area (TPSA) is 127 Å². The number of benzene rings is 1. The van der Waals surface area contributed by atoms with Crippen molar-refractivity contribution in [3.05, 3.63) is 18.2 Å². The molecular formula is C12H19N3O4S. The van der Waals surface area contributed by atoms with Crippen molar-refractivity contribution < 1.29 is 18.3 Å². The lowest BCUT2D eigenvalue weighted by atomic mass is 10.3.